The molecule has 3 aromatic rings. The van der Waals surface area contributed by atoms with E-state index in [1.807, 2.05) is 13.0 Å². The van der Waals surface area contributed by atoms with Crippen molar-refractivity contribution in [3.05, 3.63) is 82.5 Å². The fourth-order valence-corrected chi connectivity index (χ4v) is 4.92. The van der Waals surface area contributed by atoms with Gasteiger partial charge >= 0.3 is 12.4 Å². The van der Waals surface area contributed by atoms with E-state index in [2.05, 4.69) is 4.98 Å². The number of amides is 1. The smallest absolute Gasteiger partial charge is 0.344 e. The average Bonchev–Trinajstić information content (AvgIpc) is 2.91. The van der Waals surface area contributed by atoms with Gasteiger partial charge in [0.05, 0.1) is 23.2 Å². The molecule has 0 radical (unpaired) electrons. The van der Waals surface area contributed by atoms with Crippen LogP contribution in [-0.2, 0) is 23.7 Å². The molecule has 0 spiro atoms. The Morgan fingerprint density at radius 2 is 1.60 bits per heavy atom. The molecule has 1 unspecified atom stereocenters. The maximum atomic E-state index is 13.7. The fourth-order valence-electron chi connectivity index (χ4n) is 4.92. The van der Waals surface area contributed by atoms with Crippen molar-refractivity contribution < 1.29 is 41.1 Å². The maximum Gasteiger partial charge on any atom is 0.416 e. The molecule has 2 aromatic carbocycles. The summed E-state index contributed by atoms with van der Waals surface area (Å²) in [7, 11) is 1.28. The molecular weight excluding hydrogens is 566 g/mol. The molecule has 7 nitrogen and oxygen atoms in total. The Balaban J connectivity index is 1.74. The summed E-state index contributed by atoms with van der Waals surface area (Å²) in [6.07, 6.45) is -8.75. The number of anilines is 1. The van der Waals surface area contributed by atoms with E-state index in [9.17, 15) is 41.1 Å². The number of aromatic nitrogens is 1. The Hall–Kier alpha value is -3.97. The van der Waals surface area contributed by atoms with Gasteiger partial charge in [-0.05, 0) is 60.4 Å². The van der Waals surface area contributed by atoms with Gasteiger partial charge in [-0.3, -0.25) is 9.59 Å². The molecule has 224 valence electrons. The Kier molecular flexibility index (Phi) is 8.65. The van der Waals surface area contributed by atoms with Crippen LogP contribution in [0.5, 0.6) is 0 Å². The summed E-state index contributed by atoms with van der Waals surface area (Å²) in [6.45, 7) is 3.24. The summed E-state index contributed by atoms with van der Waals surface area (Å²) in [5, 5.41) is 11.0. The van der Waals surface area contributed by atoms with Crippen LogP contribution < -0.4 is 4.90 Å². The molecule has 2 heterocycles. The number of alkyl halides is 6. The first-order valence-corrected chi connectivity index (χ1v) is 12.9. The first-order chi connectivity index (χ1) is 19.6. The molecule has 0 bridgehead atoms. The lowest BCUT2D eigenvalue weighted by atomic mass is 9.96. The highest BCUT2D eigenvalue weighted by atomic mass is 19.4. The van der Waals surface area contributed by atoms with Gasteiger partial charge < -0.3 is 15.0 Å². The second kappa shape index (κ2) is 11.7. The largest absolute Gasteiger partial charge is 0.416 e. The van der Waals surface area contributed by atoms with Crippen LogP contribution in [0.15, 0.2) is 54.7 Å². The quantitative estimate of drug-likeness (QED) is 0.362. The van der Waals surface area contributed by atoms with Crippen molar-refractivity contribution in [2.45, 2.75) is 38.8 Å². The normalized spacial score (nSPS) is 16.4. The molecule has 1 saturated heterocycles. The Labute approximate surface area is 237 Å². The van der Waals surface area contributed by atoms with Gasteiger partial charge in [-0.2, -0.15) is 31.4 Å². The predicted octanol–water partition coefficient (Wildman–Crippen LogP) is 5.84. The van der Waals surface area contributed by atoms with Crippen molar-refractivity contribution >= 4 is 17.5 Å². The van der Waals surface area contributed by atoms with E-state index in [-0.39, 0.29) is 42.6 Å². The third-order valence-electron chi connectivity index (χ3n) is 7.09. The molecule has 4 rings (SSSR count). The molecule has 1 atom stereocenters. The van der Waals surface area contributed by atoms with Crippen LogP contribution in [0.1, 0.15) is 39.5 Å². The van der Waals surface area contributed by atoms with Gasteiger partial charge in [-0.25, -0.2) is 4.98 Å². The summed E-state index contributed by atoms with van der Waals surface area (Å²) >= 11 is 0. The molecule has 1 amide bonds. The third-order valence-corrected chi connectivity index (χ3v) is 7.09. The minimum absolute atomic E-state index is 0.0369. The lowest BCUT2D eigenvalue weighted by molar-refractivity contribution is -0.143. The highest BCUT2D eigenvalue weighted by Crippen LogP contribution is 2.37. The summed E-state index contributed by atoms with van der Waals surface area (Å²) in [5.41, 5.74) is -1.35. The van der Waals surface area contributed by atoms with E-state index in [1.165, 1.54) is 20.2 Å². The van der Waals surface area contributed by atoms with Gasteiger partial charge in [0.2, 0.25) is 0 Å². The number of carbonyl (C=O) groups excluding carboxylic acids is 2. The van der Waals surface area contributed by atoms with Crippen molar-refractivity contribution in [3.63, 3.8) is 0 Å². The second-order valence-electron chi connectivity index (χ2n) is 10.2. The van der Waals surface area contributed by atoms with Crippen LogP contribution in [0.3, 0.4) is 0 Å². The zero-order chi connectivity index (χ0) is 31.0. The molecule has 13 heteroatoms. The second-order valence-corrected chi connectivity index (χ2v) is 10.2. The van der Waals surface area contributed by atoms with Crippen molar-refractivity contribution in [2.75, 3.05) is 31.6 Å². The topological polar surface area (TPSA) is 77.0 Å². The van der Waals surface area contributed by atoms with E-state index >= 15 is 0 Å². The number of rotatable bonds is 6. The highest BCUT2D eigenvalue weighted by molar-refractivity contribution is 6.01. The number of benzene rings is 2. The molecule has 42 heavy (non-hydrogen) atoms. The van der Waals surface area contributed by atoms with Crippen LogP contribution in [0.4, 0.5) is 32.2 Å². The van der Waals surface area contributed by atoms with E-state index < -0.39 is 42.0 Å². The standard InChI is InChI=1S/C29H28F6N4O3/c1-17-6-4-5-7-22(17)23-13-26(39-9-8-38(42)16-25(39)18(2)40)36-14-24(23)27(41)37(3)15-19-10-20(28(30,31)32)12-21(11-19)29(33,34)35/h4-7,10-14,25,42H,8-9,15-16H2,1-3H3. The van der Waals surface area contributed by atoms with Gasteiger partial charge in [0, 0.05) is 32.9 Å². The van der Waals surface area contributed by atoms with Crippen LogP contribution in [0.25, 0.3) is 11.1 Å². The van der Waals surface area contributed by atoms with Crippen molar-refractivity contribution in [1.82, 2.24) is 14.9 Å². The van der Waals surface area contributed by atoms with Gasteiger partial charge in [0.15, 0.2) is 5.78 Å². The number of halogens is 6. The first-order valence-electron chi connectivity index (χ1n) is 12.9. The molecule has 1 aliphatic heterocycles. The monoisotopic (exact) mass is 594 g/mol. The number of hydroxylamine groups is 2. The molecule has 0 saturated carbocycles. The van der Waals surface area contributed by atoms with Crippen LogP contribution in [0, 0.1) is 6.92 Å². The molecule has 1 N–H and O–H groups in total. The van der Waals surface area contributed by atoms with Crippen LogP contribution in [-0.4, -0.2) is 64.6 Å². The zero-order valence-electron chi connectivity index (χ0n) is 22.9. The van der Waals surface area contributed by atoms with E-state index in [4.69, 9.17) is 0 Å². The van der Waals surface area contributed by atoms with E-state index in [1.54, 1.807) is 29.2 Å². The zero-order valence-corrected chi connectivity index (χ0v) is 22.9. The fraction of sp³-hybridized carbons (Fsp3) is 0.345. The minimum Gasteiger partial charge on any atom is -0.344 e. The van der Waals surface area contributed by atoms with Gasteiger partial charge in [0.25, 0.3) is 5.91 Å². The number of hydrogen-bond donors (Lipinski definition) is 1. The lowest BCUT2D eigenvalue weighted by Crippen LogP contribution is -2.55. The number of carbonyl (C=O) groups is 2. The molecular formula is C29H28F6N4O3. The summed E-state index contributed by atoms with van der Waals surface area (Å²) in [6, 6.07) is 9.27. The third kappa shape index (κ3) is 6.73. The SMILES string of the molecule is CC(=O)C1CN(O)CCN1c1cc(-c2ccccc2C)c(C(=O)N(C)Cc2cc(C(F)(F)F)cc(C(F)(F)F)c2)cn1. The lowest BCUT2D eigenvalue weighted by Gasteiger charge is -2.38. The average molecular weight is 595 g/mol. The number of Topliss-reactive ketones (excluding diaryl/α,β-unsaturated/α-hetero) is 1. The molecule has 1 fully saturated rings. The highest BCUT2D eigenvalue weighted by Gasteiger charge is 2.37. The van der Waals surface area contributed by atoms with Crippen molar-refractivity contribution in [2.24, 2.45) is 0 Å². The van der Waals surface area contributed by atoms with Gasteiger partial charge in [-0.1, -0.05) is 24.3 Å². The maximum absolute atomic E-state index is 13.7. The van der Waals surface area contributed by atoms with Gasteiger partial charge in [0.1, 0.15) is 11.9 Å². The van der Waals surface area contributed by atoms with Gasteiger partial charge in [-0.15, -0.1) is 0 Å². The minimum atomic E-state index is -5.02. The summed E-state index contributed by atoms with van der Waals surface area (Å²) < 4.78 is 80.2. The Morgan fingerprint density at radius 1 is 0.976 bits per heavy atom. The van der Waals surface area contributed by atoms with E-state index in [0.717, 1.165) is 15.5 Å². The molecule has 1 aliphatic rings. The van der Waals surface area contributed by atoms with Crippen molar-refractivity contribution in [3.8, 4) is 11.1 Å². The summed E-state index contributed by atoms with van der Waals surface area (Å²) in [4.78, 5) is 33.1. The van der Waals surface area contributed by atoms with Crippen molar-refractivity contribution in [1.29, 1.82) is 0 Å². The van der Waals surface area contributed by atoms with Crippen LogP contribution >= 0.6 is 0 Å². The van der Waals surface area contributed by atoms with Crippen LogP contribution in [0.2, 0.25) is 0 Å². The Bertz CT molecular complexity index is 1460. The van der Waals surface area contributed by atoms with E-state index in [0.29, 0.717) is 29.1 Å². The first kappa shape index (κ1) is 31.0. The number of hydrogen-bond acceptors (Lipinski definition) is 6. The number of nitrogens with zero attached hydrogens (tertiary/aromatic N) is 4. The Morgan fingerprint density at radius 3 is 2.17 bits per heavy atom. The molecule has 0 aliphatic carbocycles. The number of aryl methyl sites for hydroxylation is 1. The number of pyridine rings is 1. The summed E-state index contributed by atoms with van der Waals surface area (Å²) in [5.74, 6) is -0.512. The predicted molar refractivity (Wildman–Crippen MR) is 142 cm³/mol. The number of ketones is 1. The number of piperazine rings is 1. The molecule has 1 aromatic heterocycles.